The Morgan fingerprint density at radius 2 is 1.55 bits per heavy atom. The van der Waals surface area contributed by atoms with Gasteiger partial charge in [0.05, 0.1) is 31.2 Å². The molecule has 0 fully saturated rings. The summed E-state index contributed by atoms with van der Waals surface area (Å²) in [5.41, 5.74) is 2.06. The number of methoxy groups -OCH3 is 2. The second kappa shape index (κ2) is 8.30. The molecule has 1 amide bonds. The van der Waals surface area contributed by atoms with Gasteiger partial charge in [0, 0.05) is 11.6 Å². The third kappa shape index (κ3) is 3.62. The summed E-state index contributed by atoms with van der Waals surface area (Å²) in [4.78, 5) is 28.7. The number of carbonyl (C=O) groups excluding carboxylic acids is 1. The standard InChI is InChI=1S/C26H20ClNO5/c1-31-18-8-3-15(4-9-18)14-28-23(16-5-10-19(32-2)11-6-16)22-24(29)20-13-17(27)7-12-21(20)33-25(22)26(28)30/h3-13,23H,14H2,1-2H3. The molecule has 0 radical (unpaired) electrons. The minimum Gasteiger partial charge on any atom is -0.497 e. The first-order valence-corrected chi connectivity index (χ1v) is 10.7. The predicted molar refractivity (Wildman–Crippen MR) is 125 cm³/mol. The molecule has 0 N–H and O–H groups in total. The van der Waals surface area contributed by atoms with E-state index in [4.69, 9.17) is 25.5 Å². The Labute approximate surface area is 194 Å². The van der Waals surface area contributed by atoms with Crippen molar-refractivity contribution >= 4 is 28.5 Å². The highest BCUT2D eigenvalue weighted by molar-refractivity contribution is 6.31. The first kappa shape index (κ1) is 21.1. The predicted octanol–water partition coefficient (Wildman–Crippen LogP) is 5.21. The van der Waals surface area contributed by atoms with Crippen molar-refractivity contribution in [3.8, 4) is 11.5 Å². The molecule has 4 aromatic rings. The fourth-order valence-electron chi connectivity index (χ4n) is 4.22. The fourth-order valence-corrected chi connectivity index (χ4v) is 4.39. The van der Waals surface area contributed by atoms with Crippen LogP contribution in [0.25, 0.3) is 11.0 Å². The van der Waals surface area contributed by atoms with Crippen LogP contribution in [0.4, 0.5) is 0 Å². The molecule has 1 aliphatic heterocycles. The normalized spacial score (nSPS) is 15.1. The van der Waals surface area contributed by atoms with Crippen molar-refractivity contribution in [1.29, 1.82) is 0 Å². The van der Waals surface area contributed by atoms with E-state index in [1.807, 2.05) is 48.5 Å². The Balaban J connectivity index is 1.67. The zero-order chi connectivity index (χ0) is 23.1. The van der Waals surface area contributed by atoms with E-state index < -0.39 is 6.04 Å². The number of fused-ring (bicyclic) bond motifs is 2. The lowest BCUT2D eigenvalue weighted by atomic mass is 9.98. The van der Waals surface area contributed by atoms with E-state index in [0.717, 1.165) is 16.9 Å². The van der Waals surface area contributed by atoms with Gasteiger partial charge in [-0.05, 0) is 53.6 Å². The molecular weight excluding hydrogens is 442 g/mol. The molecule has 1 atom stereocenters. The van der Waals surface area contributed by atoms with Gasteiger partial charge in [0.25, 0.3) is 5.91 Å². The molecule has 1 aliphatic rings. The average Bonchev–Trinajstić information content (AvgIpc) is 3.12. The molecule has 1 aromatic heterocycles. The highest BCUT2D eigenvalue weighted by Gasteiger charge is 2.42. The Bertz CT molecular complexity index is 1410. The van der Waals surface area contributed by atoms with Gasteiger partial charge < -0.3 is 18.8 Å². The van der Waals surface area contributed by atoms with Crippen molar-refractivity contribution in [2.75, 3.05) is 14.2 Å². The van der Waals surface area contributed by atoms with Crippen molar-refractivity contribution in [2.45, 2.75) is 12.6 Å². The molecule has 2 heterocycles. The van der Waals surface area contributed by atoms with Crippen LogP contribution in [0.15, 0.2) is 75.9 Å². The first-order valence-electron chi connectivity index (χ1n) is 10.3. The lowest BCUT2D eigenvalue weighted by molar-refractivity contribution is 0.0714. The fraction of sp³-hybridized carbons (Fsp3) is 0.154. The summed E-state index contributed by atoms with van der Waals surface area (Å²) in [6, 6.07) is 19.0. The minimum absolute atomic E-state index is 0.0594. The number of carbonyl (C=O) groups is 1. The first-order chi connectivity index (χ1) is 16.0. The summed E-state index contributed by atoms with van der Waals surface area (Å²) in [7, 11) is 3.19. The minimum atomic E-state index is -0.611. The highest BCUT2D eigenvalue weighted by Crippen LogP contribution is 2.39. The number of rotatable bonds is 5. The molecule has 0 saturated heterocycles. The third-order valence-corrected chi connectivity index (χ3v) is 6.11. The van der Waals surface area contributed by atoms with Crippen LogP contribution in [0, 0.1) is 0 Å². The van der Waals surface area contributed by atoms with Crippen LogP contribution < -0.4 is 14.9 Å². The molecule has 33 heavy (non-hydrogen) atoms. The lowest BCUT2D eigenvalue weighted by Crippen LogP contribution is -2.29. The Morgan fingerprint density at radius 3 is 2.18 bits per heavy atom. The van der Waals surface area contributed by atoms with E-state index in [9.17, 15) is 9.59 Å². The summed E-state index contributed by atoms with van der Waals surface area (Å²) < 4.78 is 16.5. The Morgan fingerprint density at radius 1 is 0.909 bits per heavy atom. The molecule has 3 aromatic carbocycles. The van der Waals surface area contributed by atoms with Gasteiger partial charge in [-0.2, -0.15) is 0 Å². The van der Waals surface area contributed by atoms with Gasteiger partial charge in [-0.25, -0.2) is 0 Å². The summed E-state index contributed by atoms with van der Waals surface area (Å²) in [6.07, 6.45) is 0. The summed E-state index contributed by atoms with van der Waals surface area (Å²) >= 11 is 6.14. The van der Waals surface area contributed by atoms with Gasteiger partial charge in [0.2, 0.25) is 5.76 Å². The molecular formula is C26H20ClNO5. The molecule has 0 aliphatic carbocycles. The van der Waals surface area contributed by atoms with Crippen LogP contribution in [0.3, 0.4) is 0 Å². The van der Waals surface area contributed by atoms with Crippen molar-refractivity contribution < 1.29 is 18.7 Å². The van der Waals surface area contributed by atoms with Crippen LogP contribution in [0.5, 0.6) is 11.5 Å². The van der Waals surface area contributed by atoms with Crippen LogP contribution in [0.2, 0.25) is 5.02 Å². The average molecular weight is 462 g/mol. The van der Waals surface area contributed by atoms with Crippen LogP contribution in [0.1, 0.15) is 33.3 Å². The van der Waals surface area contributed by atoms with Gasteiger partial charge in [-0.15, -0.1) is 0 Å². The smallest absolute Gasteiger partial charge is 0.291 e. The second-order valence-electron chi connectivity index (χ2n) is 7.77. The number of hydrogen-bond acceptors (Lipinski definition) is 5. The van der Waals surface area contributed by atoms with Gasteiger partial charge in [0.15, 0.2) is 5.43 Å². The summed E-state index contributed by atoms with van der Waals surface area (Å²) in [5.74, 6) is 1.13. The quantitative estimate of drug-likeness (QED) is 0.408. The maximum absolute atomic E-state index is 13.6. The molecule has 6 nitrogen and oxygen atoms in total. The number of nitrogens with zero attached hydrogens (tertiary/aromatic N) is 1. The number of amides is 1. The summed E-state index contributed by atoms with van der Waals surface area (Å²) in [6.45, 7) is 0.292. The molecule has 1 unspecified atom stereocenters. The van der Waals surface area contributed by atoms with Crippen molar-refractivity contribution in [2.24, 2.45) is 0 Å². The molecule has 0 bridgehead atoms. The van der Waals surface area contributed by atoms with Crippen LogP contribution in [-0.4, -0.2) is 25.0 Å². The largest absolute Gasteiger partial charge is 0.497 e. The maximum atomic E-state index is 13.6. The van der Waals surface area contributed by atoms with Crippen LogP contribution in [-0.2, 0) is 6.54 Å². The van der Waals surface area contributed by atoms with Gasteiger partial charge in [-0.1, -0.05) is 35.9 Å². The SMILES string of the molecule is COc1ccc(CN2C(=O)c3oc4ccc(Cl)cc4c(=O)c3C2c2ccc(OC)cc2)cc1. The third-order valence-electron chi connectivity index (χ3n) is 5.87. The Kier molecular flexibility index (Phi) is 5.30. The topological polar surface area (TPSA) is 69.0 Å². The van der Waals surface area contributed by atoms with Crippen molar-refractivity contribution in [3.05, 3.63) is 104 Å². The van der Waals surface area contributed by atoms with E-state index in [1.165, 1.54) is 0 Å². The molecule has 5 rings (SSSR count). The van der Waals surface area contributed by atoms with E-state index in [0.29, 0.717) is 33.8 Å². The number of halogens is 1. The van der Waals surface area contributed by atoms with Gasteiger partial charge in [0.1, 0.15) is 17.1 Å². The van der Waals surface area contributed by atoms with Gasteiger partial charge in [-0.3, -0.25) is 9.59 Å². The van der Waals surface area contributed by atoms with Crippen molar-refractivity contribution in [3.63, 3.8) is 0 Å². The molecule has 0 spiro atoms. The van der Waals surface area contributed by atoms with E-state index in [2.05, 4.69) is 0 Å². The Hall–Kier alpha value is -3.77. The summed E-state index contributed by atoms with van der Waals surface area (Å²) in [5, 5.41) is 0.772. The second-order valence-corrected chi connectivity index (χ2v) is 8.21. The monoisotopic (exact) mass is 461 g/mol. The zero-order valence-corrected chi connectivity index (χ0v) is 18.8. The van der Waals surface area contributed by atoms with E-state index >= 15 is 0 Å². The van der Waals surface area contributed by atoms with Crippen LogP contribution >= 0.6 is 11.6 Å². The molecule has 0 saturated carbocycles. The number of hydrogen-bond donors (Lipinski definition) is 0. The maximum Gasteiger partial charge on any atom is 0.291 e. The molecule has 7 heteroatoms. The van der Waals surface area contributed by atoms with E-state index in [1.54, 1.807) is 37.3 Å². The number of benzene rings is 3. The molecule has 166 valence electrons. The van der Waals surface area contributed by atoms with Crippen molar-refractivity contribution in [1.82, 2.24) is 4.90 Å². The van der Waals surface area contributed by atoms with E-state index in [-0.39, 0.29) is 17.1 Å². The highest BCUT2D eigenvalue weighted by atomic mass is 35.5. The number of ether oxygens (including phenoxy) is 2. The van der Waals surface area contributed by atoms with Gasteiger partial charge >= 0.3 is 0 Å². The lowest BCUT2D eigenvalue weighted by Gasteiger charge is -2.25. The zero-order valence-electron chi connectivity index (χ0n) is 18.0.